The molecule has 0 aliphatic rings. The number of hydrogen-bond acceptors (Lipinski definition) is 3. The first-order valence-corrected chi connectivity index (χ1v) is 10.2. The molecule has 0 aromatic carbocycles. The summed E-state index contributed by atoms with van der Waals surface area (Å²) >= 11 is 0. The lowest BCUT2D eigenvalue weighted by Crippen LogP contribution is -1.98. The second-order valence-electron chi connectivity index (χ2n) is 6.21. The van der Waals surface area contributed by atoms with Crippen molar-refractivity contribution in [2.45, 2.75) is 90.9 Å². The fraction of sp³-hybridized carbons (Fsp3) is 0.818. The zero-order valence-corrected chi connectivity index (χ0v) is 17.4. The van der Waals surface area contributed by atoms with Crippen molar-refractivity contribution in [2.75, 3.05) is 27.8 Å². The Hall–Kier alpha value is -0.640. The first kappa shape index (κ1) is 26.6. The molecule has 25 heavy (non-hydrogen) atoms. The van der Waals surface area contributed by atoms with Crippen molar-refractivity contribution in [3.63, 3.8) is 0 Å². The lowest BCUT2D eigenvalue weighted by molar-refractivity contribution is -0.107. The summed E-state index contributed by atoms with van der Waals surface area (Å²) in [6, 6.07) is 0. The molecule has 0 spiro atoms. The van der Waals surface area contributed by atoms with Crippen LogP contribution in [0.15, 0.2) is 24.3 Å². The van der Waals surface area contributed by atoms with E-state index >= 15 is 0 Å². The molecule has 0 heterocycles. The summed E-state index contributed by atoms with van der Waals surface area (Å²) in [6.07, 6.45) is 25.5. The summed E-state index contributed by atoms with van der Waals surface area (Å²) in [5, 5.41) is 0. The van der Waals surface area contributed by atoms with Crippen molar-refractivity contribution in [3.8, 4) is 0 Å². The minimum atomic E-state index is 0.299. The molecule has 3 nitrogen and oxygen atoms in total. The van der Waals surface area contributed by atoms with Crippen LogP contribution in [0.3, 0.4) is 0 Å². The highest BCUT2D eigenvalue weighted by atomic mass is 16.7. The maximum atomic E-state index is 4.69. The molecule has 0 unspecified atom stereocenters. The molecule has 0 aliphatic heterocycles. The number of methoxy groups -OCH3 is 2. The second kappa shape index (κ2) is 28.2. The average Bonchev–Trinajstić information content (AvgIpc) is 2.63. The van der Waals surface area contributed by atoms with E-state index in [1.807, 2.05) is 0 Å². The van der Waals surface area contributed by atoms with Gasteiger partial charge in [0.05, 0.1) is 0 Å². The van der Waals surface area contributed by atoms with Crippen LogP contribution in [0, 0.1) is 0 Å². The molecule has 0 amide bonds. The van der Waals surface area contributed by atoms with Gasteiger partial charge in [0.25, 0.3) is 0 Å². The van der Waals surface area contributed by atoms with Gasteiger partial charge in [0, 0.05) is 14.2 Å². The summed E-state index contributed by atoms with van der Waals surface area (Å²) < 4.78 is 13.8. The van der Waals surface area contributed by atoms with Crippen molar-refractivity contribution >= 4 is 0 Å². The summed E-state index contributed by atoms with van der Waals surface area (Å²) in [6.45, 7) is 5.06. The van der Waals surface area contributed by atoms with Crippen LogP contribution < -0.4 is 0 Å². The Morgan fingerprint density at radius 1 is 0.560 bits per heavy atom. The van der Waals surface area contributed by atoms with Gasteiger partial charge in [0.2, 0.25) is 0 Å². The molecule has 0 rings (SSSR count). The van der Waals surface area contributed by atoms with E-state index in [0.29, 0.717) is 13.6 Å². The van der Waals surface area contributed by atoms with E-state index in [1.54, 1.807) is 14.2 Å². The van der Waals surface area contributed by atoms with Gasteiger partial charge in [-0.05, 0) is 38.5 Å². The van der Waals surface area contributed by atoms with E-state index in [-0.39, 0.29) is 0 Å². The standard InChI is InChI=1S/C18H34.C4H10O3/c1-3-5-7-9-11-13-15-17-18-16-14-12-10-8-6-4-2;1-5-3-7-4-6-2/h5,7,10,12H,3-4,6,8-9,11,13-18H2,1-2H3;3-4H2,1-2H3/b7-5-,12-10+;. The van der Waals surface area contributed by atoms with Gasteiger partial charge < -0.3 is 14.2 Å². The quantitative estimate of drug-likeness (QED) is 0.159. The van der Waals surface area contributed by atoms with E-state index < -0.39 is 0 Å². The molecule has 0 N–H and O–H groups in total. The first-order chi connectivity index (χ1) is 12.3. The lowest BCUT2D eigenvalue weighted by Gasteiger charge is -1.99. The van der Waals surface area contributed by atoms with Gasteiger partial charge in [0.1, 0.15) is 13.6 Å². The average molecular weight is 357 g/mol. The fourth-order valence-electron chi connectivity index (χ4n) is 2.27. The third-order valence-electron chi connectivity index (χ3n) is 3.69. The Labute approximate surface area is 157 Å². The Morgan fingerprint density at radius 3 is 1.44 bits per heavy atom. The highest BCUT2D eigenvalue weighted by molar-refractivity contribution is 4.81. The predicted molar refractivity (Wildman–Crippen MR) is 110 cm³/mol. The third-order valence-corrected chi connectivity index (χ3v) is 3.69. The van der Waals surface area contributed by atoms with Gasteiger partial charge in [-0.1, -0.05) is 76.7 Å². The molecule has 0 fully saturated rings. The van der Waals surface area contributed by atoms with Crippen LogP contribution in [0.25, 0.3) is 0 Å². The highest BCUT2D eigenvalue weighted by Crippen LogP contribution is 2.09. The molecule has 0 aromatic heterocycles. The minimum absolute atomic E-state index is 0.299. The van der Waals surface area contributed by atoms with Crippen LogP contribution >= 0.6 is 0 Å². The summed E-state index contributed by atoms with van der Waals surface area (Å²) in [5.41, 5.74) is 0. The SMILES string of the molecule is CC/C=C\CCCCCCCC/C=C/CCCC.COCOCOC. The number of allylic oxidation sites excluding steroid dienone is 4. The molecular formula is C22H44O3. The Kier molecular flexibility index (Phi) is 30.0. The lowest BCUT2D eigenvalue weighted by atomic mass is 10.1. The van der Waals surface area contributed by atoms with Crippen molar-refractivity contribution in [3.05, 3.63) is 24.3 Å². The molecule has 0 radical (unpaired) electrons. The Bertz CT molecular complexity index is 258. The molecular weight excluding hydrogens is 312 g/mol. The van der Waals surface area contributed by atoms with Crippen LogP contribution in [-0.2, 0) is 14.2 Å². The van der Waals surface area contributed by atoms with Gasteiger partial charge in [-0.3, -0.25) is 0 Å². The van der Waals surface area contributed by atoms with E-state index in [2.05, 4.69) is 52.4 Å². The topological polar surface area (TPSA) is 27.7 Å². The van der Waals surface area contributed by atoms with Crippen LogP contribution in [-0.4, -0.2) is 27.8 Å². The maximum Gasteiger partial charge on any atom is 0.149 e. The zero-order valence-electron chi connectivity index (χ0n) is 17.4. The van der Waals surface area contributed by atoms with E-state index in [4.69, 9.17) is 0 Å². The molecule has 3 heteroatoms. The minimum Gasteiger partial charge on any atom is -0.359 e. The largest absolute Gasteiger partial charge is 0.359 e. The van der Waals surface area contributed by atoms with Crippen LogP contribution in [0.5, 0.6) is 0 Å². The number of unbranched alkanes of at least 4 members (excludes halogenated alkanes) is 9. The normalized spacial score (nSPS) is 11.2. The molecule has 150 valence electrons. The Balaban J connectivity index is 0. The number of hydrogen-bond donors (Lipinski definition) is 0. The summed E-state index contributed by atoms with van der Waals surface area (Å²) in [4.78, 5) is 0. The summed E-state index contributed by atoms with van der Waals surface area (Å²) in [5.74, 6) is 0. The van der Waals surface area contributed by atoms with Gasteiger partial charge in [0.15, 0.2) is 0 Å². The molecule has 0 bridgehead atoms. The zero-order chi connectivity index (χ0) is 18.8. The molecule has 0 saturated carbocycles. The van der Waals surface area contributed by atoms with Crippen LogP contribution in [0.2, 0.25) is 0 Å². The molecule has 0 atom stereocenters. The fourth-order valence-corrected chi connectivity index (χ4v) is 2.27. The molecule has 0 aromatic rings. The van der Waals surface area contributed by atoms with Crippen molar-refractivity contribution in [1.82, 2.24) is 0 Å². The summed E-state index contributed by atoms with van der Waals surface area (Å²) in [7, 11) is 3.13. The van der Waals surface area contributed by atoms with E-state index in [0.717, 1.165) is 0 Å². The van der Waals surface area contributed by atoms with Crippen LogP contribution in [0.4, 0.5) is 0 Å². The van der Waals surface area contributed by atoms with E-state index in [9.17, 15) is 0 Å². The van der Waals surface area contributed by atoms with Crippen molar-refractivity contribution in [1.29, 1.82) is 0 Å². The predicted octanol–water partition coefficient (Wildman–Crippen LogP) is 7.03. The number of ether oxygens (including phenoxy) is 3. The van der Waals surface area contributed by atoms with Gasteiger partial charge in [-0.25, -0.2) is 0 Å². The van der Waals surface area contributed by atoms with Crippen LogP contribution in [0.1, 0.15) is 90.9 Å². The van der Waals surface area contributed by atoms with Gasteiger partial charge in [-0.15, -0.1) is 0 Å². The maximum absolute atomic E-state index is 4.69. The smallest absolute Gasteiger partial charge is 0.149 e. The third kappa shape index (κ3) is 31.6. The first-order valence-electron chi connectivity index (χ1n) is 10.2. The number of rotatable bonds is 17. The molecule has 0 aliphatic carbocycles. The van der Waals surface area contributed by atoms with Crippen molar-refractivity contribution < 1.29 is 14.2 Å². The van der Waals surface area contributed by atoms with E-state index in [1.165, 1.54) is 77.0 Å². The second-order valence-corrected chi connectivity index (χ2v) is 6.21. The van der Waals surface area contributed by atoms with Gasteiger partial charge in [-0.2, -0.15) is 0 Å². The van der Waals surface area contributed by atoms with Crippen molar-refractivity contribution in [2.24, 2.45) is 0 Å². The Morgan fingerprint density at radius 2 is 1.00 bits per heavy atom. The molecule has 0 saturated heterocycles. The van der Waals surface area contributed by atoms with Gasteiger partial charge >= 0.3 is 0 Å². The highest BCUT2D eigenvalue weighted by Gasteiger charge is 1.90. The monoisotopic (exact) mass is 356 g/mol.